The van der Waals surface area contributed by atoms with Gasteiger partial charge in [-0.2, -0.15) is 0 Å². The van der Waals surface area contributed by atoms with E-state index in [1.165, 1.54) is 22.5 Å². The lowest BCUT2D eigenvalue weighted by atomic mass is 9.90. The smallest absolute Gasteiger partial charge is 0.263 e. The molecule has 0 N–H and O–H groups in total. The van der Waals surface area contributed by atoms with Crippen molar-refractivity contribution < 1.29 is 9.53 Å². The molecule has 31 heavy (non-hydrogen) atoms. The van der Waals surface area contributed by atoms with Crippen LogP contribution in [-0.2, 0) is 13.0 Å². The predicted octanol–water partition coefficient (Wildman–Crippen LogP) is 6.35. The van der Waals surface area contributed by atoms with Gasteiger partial charge in [0.1, 0.15) is 12.4 Å². The standard InChI is InChI=1S/C27H31NO2S/c1-19-13-20(2)26(21(3)14-19)30-17-24-16-25(31-18-24)27(29)28-11-9-23(10-12-28)15-22-7-5-4-6-8-22/h4-8,13-14,16,18,23H,9-12,15,17H2,1-3H3. The Morgan fingerprint density at radius 1 is 1.00 bits per heavy atom. The maximum absolute atomic E-state index is 13.0. The zero-order chi connectivity index (χ0) is 21.8. The van der Waals surface area contributed by atoms with E-state index in [9.17, 15) is 4.79 Å². The van der Waals surface area contributed by atoms with E-state index in [-0.39, 0.29) is 5.91 Å². The van der Waals surface area contributed by atoms with Crippen LogP contribution in [0, 0.1) is 26.7 Å². The molecule has 162 valence electrons. The number of hydrogen-bond acceptors (Lipinski definition) is 3. The summed E-state index contributed by atoms with van der Waals surface area (Å²) in [7, 11) is 0. The molecule has 0 bridgehead atoms. The van der Waals surface area contributed by atoms with Gasteiger partial charge < -0.3 is 9.64 Å². The van der Waals surface area contributed by atoms with E-state index in [0.29, 0.717) is 12.5 Å². The van der Waals surface area contributed by atoms with E-state index < -0.39 is 0 Å². The van der Waals surface area contributed by atoms with Crippen LogP contribution in [0.25, 0.3) is 0 Å². The second kappa shape index (κ2) is 9.69. The average Bonchev–Trinajstić information content (AvgIpc) is 3.23. The molecular formula is C27H31NO2S. The Hall–Kier alpha value is -2.59. The number of likely N-dealkylation sites (tertiary alicyclic amines) is 1. The molecular weight excluding hydrogens is 402 g/mol. The second-order valence-electron chi connectivity index (χ2n) is 8.76. The minimum Gasteiger partial charge on any atom is -0.488 e. The van der Waals surface area contributed by atoms with Crippen molar-refractivity contribution in [2.24, 2.45) is 5.92 Å². The molecule has 3 nitrogen and oxygen atoms in total. The third-order valence-corrected chi connectivity index (χ3v) is 7.09. The maximum Gasteiger partial charge on any atom is 0.263 e. The fourth-order valence-corrected chi connectivity index (χ4v) is 5.42. The molecule has 0 radical (unpaired) electrons. The summed E-state index contributed by atoms with van der Waals surface area (Å²) in [6, 6.07) is 17.0. The quantitative estimate of drug-likeness (QED) is 0.453. The monoisotopic (exact) mass is 433 g/mol. The lowest BCUT2D eigenvalue weighted by Crippen LogP contribution is -2.38. The summed E-state index contributed by atoms with van der Waals surface area (Å²) >= 11 is 1.53. The molecule has 1 fully saturated rings. The first-order valence-corrected chi connectivity index (χ1v) is 12.0. The zero-order valence-corrected chi connectivity index (χ0v) is 19.5. The molecule has 1 saturated heterocycles. The number of ether oxygens (including phenoxy) is 1. The van der Waals surface area contributed by atoms with Crippen molar-refractivity contribution >= 4 is 17.2 Å². The lowest BCUT2D eigenvalue weighted by Gasteiger charge is -2.31. The van der Waals surface area contributed by atoms with Crippen LogP contribution in [0.2, 0.25) is 0 Å². The Labute approximate surface area is 189 Å². The summed E-state index contributed by atoms with van der Waals surface area (Å²) in [5, 5.41) is 2.05. The Kier molecular flexibility index (Phi) is 6.77. The molecule has 0 saturated carbocycles. The molecule has 1 amide bonds. The summed E-state index contributed by atoms with van der Waals surface area (Å²) < 4.78 is 6.10. The van der Waals surface area contributed by atoms with E-state index >= 15 is 0 Å². The largest absolute Gasteiger partial charge is 0.488 e. The van der Waals surface area contributed by atoms with Gasteiger partial charge in [-0.15, -0.1) is 11.3 Å². The maximum atomic E-state index is 13.0. The summed E-state index contributed by atoms with van der Waals surface area (Å²) in [5.74, 6) is 1.78. The molecule has 0 aliphatic carbocycles. The van der Waals surface area contributed by atoms with Gasteiger partial charge in [0.05, 0.1) is 4.88 Å². The Morgan fingerprint density at radius 2 is 1.68 bits per heavy atom. The van der Waals surface area contributed by atoms with Crippen LogP contribution in [0.15, 0.2) is 53.9 Å². The minimum atomic E-state index is 0.164. The Morgan fingerprint density at radius 3 is 2.35 bits per heavy atom. The van der Waals surface area contributed by atoms with Gasteiger partial charge in [0, 0.05) is 18.7 Å². The first kappa shape index (κ1) is 21.6. The molecule has 3 aromatic rings. The number of amides is 1. The van der Waals surface area contributed by atoms with E-state index in [4.69, 9.17) is 4.74 Å². The van der Waals surface area contributed by atoms with Crippen molar-refractivity contribution in [3.63, 3.8) is 0 Å². The van der Waals surface area contributed by atoms with Crippen LogP contribution in [0.5, 0.6) is 5.75 Å². The van der Waals surface area contributed by atoms with Gasteiger partial charge in [0.25, 0.3) is 5.91 Å². The molecule has 2 heterocycles. The summed E-state index contributed by atoms with van der Waals surface area (Å²) in [5.41, 5.74) is 6.02. The third-order valence-electron chi connectivity index (χ3n) is 6.12. The average molecular weight is 434 g/mol. The molecule has 1 aromatic heterocycles. The van der Waals surface area contributed by atoms with Gasteiger partial charge in [-0.05, 0) is 74.1 Å². The van der Waals surface area contributed by atoms with Crippen LogP contribution < -0.4 is 4.74 Å². The summed E-state index contributed by atoms with van der Waals surface area (Å²) in [6.07, 6.45) is 3.27. The topological polar surface area (TPSA) is 29.5 Å². The van der Waals surface area contributed by atoms with Crippen LogP contribution >= 0.6 is 11.3 Å². The number of rotatable bonds is 6. The highest BCUT2D eigenvalue weighted by Gasteiger charge is 2.24. The Balaban J connectivity index is 1.31. The molecule has 0 atom stereocenters. The number of aryl methyl sites for hydroxylation is 3. The minimum absolute atomic E-state index is 0.164. The van der Waals surface area contributed by atoms with E-state index in [1.807, 2.05) is 16.3 Å². The number of benzene rings is 2. The Bertz CT molecular complexity index is 1010. The second-order valence-corrected chi connectivity index (χ2v) is 9.67. The van der Waals surface area contributed by atoms with Crippen LogP contribution in [0.1, 0.15) is 50.3 Å². The molecule has 1 aliphatic rings. The molecule has 2 aromatic carbocycles. The van der Waals surface area contributed by atoms with Crippen LogP contribution in [0.4, 0.5) is 0 Å². The highest BCUT2D eigenvalue weighted by atomic mass is 32.1. The number of piperidine rings is 1. The number of hydrogen-bond donors (Lipinski definition) is 0. The van der Waals surface area contributed by atoms with E-state index in [2.05, 4.69) is 63.2 Å². The molecule has 4 heteroatoms. The first-order chi connectivity index (χ1) is 15.0. The third kappa shape index (κ3) is 5.37. The predicted molar refractivity (Wildman–Crippen MR) is 128 cm³/mol. The fourth-order valence-electron chi connectivity index (χ4n) is 4.56. The van der Waals surface area contributed by atoms with Crippen molar-refractivity contribution in [1.29, 1.82) is 0 Å². The van der Waals surface area contributed by atoms with Crippen molar-refractivity contribution in [2.75, 3.05) is 13.1 Å². The van der Waals surface area contributed by atoms with Gasteiger partial charge >= 0.3 is 0 Å². The van der Waals surface area contributed by atoms with Crippen molar-refractivity contribution in [3.05, 3.63) is 86.6 Å². The molecule has 4 rings (SSSR count). The van der Waals surface area contributed by atoms with Crippen molar-refractivity contribution in [3.8, 4) is 5.75 Å². The summed E-state index contributed by atoms with van der Waals surface area (Å²) in [6.45, 7) is 8.46. The number of nitrogens with zero attached hydrogens (tertiary/aromatic N) is 1. The summed E-state index contributed by atoms with van der Waals surface area (Å²) in [4.78, 5) is 15.8. The van der Waals surface area contributed by atoms with Crippen molar-refractivity contribution in [2.45, 2.75) is 46.6 Å². The van der Waals surface area contributed by atoms with Crippen LogP contribution in [0.3, 0.4) is 0 Å². The van der Waals surface area contributed by atoms with Crippen molar-refractivity contribution in [1.82, 2.24) is 4.90 Å². The van der Waals surface area contributed by atoms with E-state index in [0.717, 1.165) is 59.7 Å². The van der Waals surface area contributed by atoms with E-state index in [1.54, 1.807) is 0 Å². The van der Waals surface area contributed by atoms with Gasteiger partial charge in [-0.3, -0.25) is 4.79 Å². The number of thiophene rings is 1. The molecule has 0 spiro atoms. The normalized spacial score (nSPS) is 14.6. The van der Waals surface area contributed by atoms with Gasteiger partial charge in [0.2, 0.25) is 0 Å². The number of carbonyl (C=O) groups excluding carboxylic acids is 1. The lowest BCUT2D eigenvalue weighted by molar-refractivity contribution is 0.0695. The van der Waals surface area contributed by atoms with Gasteiger partial charge in [0.15, 0.2) is 0 Å². The first-order valence-electron chi connectivity index (χ1n) is 11.1. The highest BCUT2D eigenvalue weighted by Crippen LogP contribution is 2.27. The van der Waals surface area contributed by atoms with Gasteiger partial charge in [-0.1, -0.05) is 48.0 Å². The molecule has 0 unspecified atom stereocenters. The zero-order valence-electron chi connectivity index (χ0n) is 18.7. The van der Waals surface area contributed by atoms with Gasteiger partial charge in [-0.25, -0.2) is 0 Å². The highest BCUT2D eigenvalue weighted by molar-refractivity contribution is 7.12. The SMILES string of the molecule is Cc1cc(C)c(OCc2csc(C(=O)N3CCC(Cc4ccccc4)CC3)c2)c(C)c1. The fraction of sp³-hybridized carbons (Fsp3) is 0.370. The van der Waals surface area contributed by atoms with Crippen LogP contribution in [-0.4, -0.2) is 23.9 Å². The molecule has 1 aliphatic heterocycles. The number of carbonyl (C=O) groups is 1.